The highest BCUT2D eigenvalue weighted by atomic mass is 32.1. The van der Waals surface area contributed by atoms with Crippen molar-refractivity contribution in [3.05, 3.63) is 65.2 Å². The van der Waals surface area contributed by atoms with Gasteiger partial charge in [0.1, 0.15) is 29.4 Å². The fourth-order valence-corrected chi connectivity index (χ4v) is 3.04. The molecule has 3 rings (SSSR count). The maximum atomic E-state index is 11.8. The first-order valence-corrected chi connectivity index (χ1v) is 8.98. The first kappa shape index (κ1) is 18.6. The highest BCUT2D eigenvalue weighted by Gasteiger charge is 2.09. The summed E-state index contributed by atoms with van der Waals surface area (Å²) < 4.78 is 15.7. The minimum absolute atomic E-state index is 0.0761. The molecule has 0 atom stereocenters. The maximum absolute atomic E-state index is 11.8. The summed E-state index contributed by atoms with van der Waals surface area (Å²) in [4.78, 5) is 26.9. The Morgan fingerprint density at radius 2 is 1.96 bits per heavy atom. The van der Waals surface area contributed by atoms with Gasteiger partial charge in [0.2, 0.25) is 0 Å². The number of nitrogens with zero attached hydrogens (tertiary/aromatic N) is 1. The van der Waals surface area contributed by atoms with Gasteiger partial charge in [-0.15, -0.1) is 11.3 Å². The van der Waals surface area contributed by atoms with Gasteiger partial charge in [0.25, 0.3) is 0 Å². The standard InChI is InChI=1S/C20H17NO5S/c1-24-18-4-2-3-15(9-18)20-21-16(13-27-20)11-26-19(23)12-25-17-7-5-14(10-22)6-8-17/h2-10,13H,11-12H2,1H3. The number of rotatable bonds is 8. The number of carbonyl (C=O) groups excluding carboxylic acids is 2. The van der Waals surface area contributed by atoms with Crippen LogP contribution >= 0.6 is 11.3 Å². The quantitative estimate of drug-likeness (QED) is 0.436. The van der Waals surface area contributed by atoms with E-state index >= 15 is 0 Å². The van der Waals surface area contributed by atoms with Crippen molar-refractivity contribution in [3.63, 3.8) is 0 Å². The van der Waals surface area contributed by atoms with E-state index in [9.17, 15) is 9.59 Å². The predicted octanol–water partition coefficient (Wildman–Crippen LogP) is 3.75. The lowest BCUT2D eigenvalue weighted by atomic mass is 10.2. The number of thiazole rings is 1. The summed E-state index contributed by atoms with van der Waals surface area (Å²) in [6.07, 6.45) is 0.742. The molecule has 0 radical (unpaired) electrons. The molecular weight excluding hydrogens is 366 g/mol. The normalized spacial score (nSPS) is 10.3. The van der Waals surface area contributed by atoms with Crippen LogP contribution in [0.4, 0.5) is 0 Å². The Bertz CT molecular complexity index is 920. The number of aromatic nitrogens is 1. The summed E-state index contributed by atoms with van der Waals surface area (Å²) in [5, 5.41) is 2.67. The van der Waals surface area contributed by atoms with Crippen LogP contribution in [0.25, 0.3) is 10.6 Å². The Morgan fingerprint density at radius 3 is 2.70 bits per heavy atom. The van der Waals surface area contributed by atoms with Gasteiger partial charge >= 0.3 is 5.97 Å². The van der Waals surface area contributed by atoms with Gasteiger partial charge in [-0.1, -0.05) is 12.1 Å². The summed E-state index contributed by atoms with van der Waals surface area (Å²) in [6, 6.07) is 14.1. The molecule has 1 aromatic heterocycles. The predicted molar refractivity (Wildman–Crippen MR) is 101 cm³/mol. The molecule has 0 bridgehead atoms. The molecule has 0 unspecified atom stereocenters. The molecule has 0 amide bonds. The number of hydrogen-bond donors (Lipinski definition) is 0. The summed E-state index contributed by atoms with van der Waals surface area (Å²) in [5.74, 6) is 0.755. The summed E-state index contributed by atoms with van der Waals surface area (Å²) in [5.41, 5.74) is 2.15. The van der Waals surface area contributed by atoms with Crippen LogP contribution in [0.3, 0.4) is 0 Å². The second kappa shape index (κ2) is 8.95. The monoisotopic (exact) mass is 383 g/mol. The minimum atomic E-state index is -0.495. The Labute approximate surface area is 160 Å². The Kier molecular flexibility index (Phi) is 6.17. The molecule has 0 saturated carbocycles. The first-order chi connectivity index (χ1) is 13.2. The zero-order valence-electron chi connectivity index (χ0n) is 14.6. The van der Waals surface area contributed by atoms with Crippen LogP contribution < -0.4 is 9.47 Å². The van der Waals surface area contributed by atoms with E-state index in [1.807, 2.05) is 29.6 Å². The van der Waals surface area contributed by atoms with E-state index in [1.54, 1.807) is 31.4 Å². The molecule has 0 aliphatic rings. The van der Waals surface area contributed by atoms with Gasteiger partial charge in [-0.05, 0) is 36.4 Å². The molecule has 0 fully saturated rings. The molecular formula is C20H17NO5S. The van der Waals surface area contributed by atoms with Gasteiger partial charge < -0.3 is 14.2 Å². The molecule has 3 aromatic rings. The van der Waals surface area contributed by atoms with Crippen LogP contribution in [-0.2, 0) is 16.1 Å². The van der Waals surface area contributed by atoms with E-state index in [-0.39, 0.29) is 13.2 Å². The van der Waals surface area contributed by atoms with E-state index in [4.69, 9.17) is 14.2 Å². The van der Waals surface area contributed by atoms with Gasteiger partial charge in [0.15, 0.2) is 6.61 Å². The lowest BCUT2D eigenvalue weighted by Crippen LogP contribution is -2.14. The number of hydrogen-bond acceptors (Lipinski definition) is 7. The van der Waals surface area contributed by atoms with Crippen LogP contribution in [0.1, 0.15) is 16.1 Å². The molecule has 0 aliphatic carbocycles. The van der Waals surface area contributed by atoms with Gasteiger partial charge in [-0.3, -0.25) is 4.79 Å². The highest BCUT2D eigenvalue weighted by Crippen LogP contribution is 2.27. The Hall–Kier alpha value is -3.19. The largest absolute Gasteiger partial charge is 0.497 e. The van der Waals surface area contributed by atoms with Crippen molar-refractivity contribution in [2.45, 2.75) is 6.61 Å². The van der Waals surface area contributed by atoms with Crippen molar-refractivity contribution < 1.29 is 23.8 Å². The van der Waals surface area contributed by atoms with Crippen molar-refractivity contribution in [2.24, 2.45) is 0 Å². The molecule has 7 heteroatoms. The SMILES string of the molecule is COc1cccc(-c2nc(COC(=O)COc3ccc(C=O)cc3)cs2)c1. The van der Waals surface area contributed by atoms with Crippen LogP contribution in [0.5, 0.6) is 11.5 Å². The second-order valence-electron chi connectivity index (χ2n) is 5.51. The van der Waals surface area contributed by atoms with Crippen LogP contribution in [0.2, 0.25) is 0 Å². The molecule has 0 N–H and O–H groups in total. The fraction of sp³-hybridized carbons (Fsp3) is 0.150. The van der Waals surface area contributed by atoms with Gasteiger partial charge in [-0.25, -0.2) is 9.78 Å². The van der Waals surface area contributed by atoms with E-state index in [0.717, 1.165) is 22.6 Å². The number of carbonyl (C=O) groups is 2. The number of methoxy groups -OCH3 is 1. The highest BCUT2D eigenvalue weighted by molar-refractivity contribution is 7.13. The smallest absolute Gasteiger partial charge is 0.344 e. The molecule has 0 aliphatic heterocycles. The van der Waals surface area contributed by atoms with E-state index < -0.39 is 5.97 Å². The topological polar surface area (TPSA) is 74.7 Å². The number of ether oxygens (including phenoxy) is 3. The molecule has 138 valence electrons. The van der Waals surface area contributed by atoms with Crippen LogP contribution in [0.15, 0.2) is 53.9 Å². The maximum Gasteiger partial charge on any atom is 0.344 e. The fourth-order valence-electron chi connectivity index (χ4n) is 2.24. The van der Waals surface area contributed by atoms with Gasteiger partial charge in [0, 0.05) is 16.5 Å². The van der Waals surface area contributed by atoms with Gasteiger partial charge in [0.05, 0.1) is 12.8 Å². The average molecular weight is 383 g/mol. The van der Waals surface area contributed by atoms with Crippen molar-refractivity contribution in [2.75, 3.05) is 13.7 Å². The van der Waals surface area contributed by atoms with E-state index in [1.165, 1.54) is 11.3 Å². The van der Waals surface area contributed by atoms with Crippen LogP contribution in [-0.4, -0.2) is 31.0 Å². The van der Waals surface area contributed by atoms with Gasteiger partial charge in [-0.2, -0.15) is 0 Å². The lowest BCUT2D eigenvalue weighted by molar-refractivity contribution is -0.147. The van der Waals surface area contributed by atoms with Crippen molar-refractivity contribution in [3.8, 4) is 22.1 Å². The number of aldehydes is 1. The molecule has 1 heterocycles. The third kappa shape index (κ3) is 5.15. The lowest BCUT2D eigenvalue weighted by Gasteiger charge is -2.06. The summed E-state index contributed by atoms with van der Waals surface area (Å²) >= 11 is 1.47. The van der Waals surface area contributed by atoms with Crippen molar-refractivity contribution in [1.29, 1.82) is 0 Å². The Morgan fingerprint density at radius 1 is 1.15 bits per heavy atom. The molecule has 0 spiro atoms. The first-order valence-electron chi connectivity index (χ1n) is 8.10. The van der Waals surface area contributed by atoms with Crippen molar-refractivity contribution >= 4 is 23.6 Å². The zero-order chi connectivity index (χ0) is 19.1. The minimum Gasteiger partial charge on any atom is -0.497 e. The third-order valence-corrected chi connectivity index (χ3v) is 4.56. The summed E-state index contributed by atoms with van der Waals surface area (Å²) in [6.45, 7) is -0.139. The van der Waals surface area contributed by atoms with E-state index in [2.05, 4.69) is 4.98 Å². The molecule has 6 nitrogen and oxygen atoms in total. The number of benzene rings is 2. The molecule has 0 saturated heterocycles. The summed E-state index contributed by atoms with van der Waals surface area (Å²) in [7, 11) is 1.62. The molecule has 27 heavy (non-hydrogen) atoms. The number of esters is 1. The van der Waals surface area contributed by atoms with Crippen molar-refractivity contribution in [1.82, 2.24) is 4.98 Å². The third-order valence-electron chi connectivity index (χ3n) is 3.62. The second-order valence-corrected chi connectivity index (χ2v) is 6.37. The molecule has 2 aromatic carbocycles. The van der Waals surface area contributed by atoms with Crippen LogP contribution in [0, 0.1) is 0 Å². The Balaban J connectivity index is 1.50. The average Bonchev–Trinajstić information content (AvgIpc) is 3.20. The zero-order valence-corrected chi connectivity index (χ0v) is 15.4. The van der Waals surface area contributed by atoms with E-state index in [0.29, 0.717) is 17.0 Å².